The normalized spacial score (nSPS) is 16.5. The van der Waals surface area contributed by atoms with E-state index in [1.807, 2.05) is 63.2 Å². The molecule has 2 aliphatic heterocycles. The van der Waals surface area contributed by atoms with Gasteiger partial charge in [-0.1, -0.05) is 47.4 Å². The fourth-order valence-corrected chi connectivity index (χ4v) is 11.1. The quantitative estimate of drug-likeness (QED) is 0.0736. The molecule has 336 valence electrons. The Kier molecular flexibility index (Phi) is 14.0. The summed E-state index contributed by atoms with van der Waals surface area (Å²) in [7, 11) is 1.34. The molecule has 1 N–H and O–H groups in total. The highest BCUT2D eigenvalue weighted by Gasteiger charge is 2.38. The van der Waals surface area contributed by atoms with E-state index in [0.717, 1.165) is 65.0 Å². The van der Waals surface area contributed by atoms with Crippen LogP contribution in [-0.2, 0) is 33.7 Å². The van der Waals surface area contributed by atoms with Crippen LogP contribution in [0.1, 0.15) is 115 Å². The Balaban J connectivity index is 0.805. The van der Waals surface area contributed by atoms with Crippen LogP contribution in [0.25, 0.3) is 10.2 Å². The number of aryl methyl sites for hydroxylation is 1. The largest absolute Gasteiger partial charge is 0.491 e. The molecule has 5 aromatic rings. The first-order valence-electron chi connectivity index (χ1n) is 22.3. The van der Waals surface area contributed by atoms with Gasteiger partial charge < -0.3 is 19.1 Å². The molecule has 0 bridgehead atoms. The number of aromatic nitrogens is 2. The van der Waals surface area contributed by atoms with E-state index < -0.39 is 17.4 Å². The monoisotopic (exact) mass is 905 g/mol. The molecule has 2 fully saturated rings. The third kappa shape index (κ3) is 11.1. The van der Waals surface area contributed by atoms with Crippen LogP contribution < -0.4 is 15.0 Å². The van der Waals surface area contributed by atoms with E-state index in [0.29, 0.717) is 78.0 Å². The van der Waals surface area contributed by atoms with E-state index >= 15 is 4.39 Å². The highest BCUT2D eigenvalue weighted by Crippen LogP contribution is 2.47. The zero-order valence-electron chi connectivity index (χ0n) is 37.1. The predicted molar refractivity (Wildman–Crippen MR) is 250 cm³/mol. The Morgan fingerprint density at radius 1 is 0.969 bits per heavy atom. The van der Waals surface area contributed by atoms with Crippen LogP contribution in [0.3, 0.4) is 0 Å². The number of amides is 1. The average Bonchev–Trinajstić information content (AvgIpc) is 3.90. The number of piperidine rings is 1. The topological polar surface area (TPSA) is 123 Å². The van der Waals surface area contributed by atoms with Crippen LogP contribution in [-0.4, -0.2) is 78.2 Å². The highest BCUT2D eigenvalue weighted by molar-refractivity contribution is 7.22. The molecule has 0 radical (unpaired) electrons. The van der Waals surface area contributed by atoms with Gasteiger partial charge in [0.1, 0.15) is 5.60 Å². The van der Waals surface area contributed by atoms with E-state index in [9.17, 15) is 14.4 Å². The second-order valence-corrected chi connectivity index (χ2v) is 20.3. The molecule has 14 heteroatoms. The van der Waals surface area contributed by atoms with Crippen molar-refractivity contribution in [1.82, 2.24) is 14.9 Å². The van der Waals surface area contributed by atoms with Crippen LogP contribution >= 0.6 is 22.7 Å². The predicted octanol–water partition coefficient (Wildman–Crippen LogP) is 9.86. The molecule has 11 nitrogen and oxygen atoms in total. The van der Waals surface area contributed by atoms with Gasteiger partial charge in [0.25, 0.3) is 5.91 Å². The first-order chi connectivity index (χ1) is 30.8. The van der Waals surface area contributed by atoms with Crippen molar-refractivity contribution in [3.8, 4) is 17.6 Å². The number of benzene rings is 3. The zero-order valence-corrected chi connectivity index (χ0v) is 38.7. The molecule has 1 saturated heterocycles. The number of hydrogen-bond acceptors (Lipinski definition) is 12. The fourth-order valence-electron chi connectivity index (χ4n) is 9.11. The van der Waals surface area contributed by atoms with Crippen molar-refractivity contribution in [2.24, 2.45) is 11.3 Å². The first-order valence-corrected chi connectivity index (χ1v) is 23.9. The standard InChI is InChI=1S/C50H56FN5O6S2/c1-49(2,3)62-43(57)31-34-18-21-50(22-19-34)23-27-55(28-24-50)25-8-10-33-16-17-40(38(51)30-33)61-29-9-15-42-44(46(59)60-4)53-48(64-42)56-26-20-35-11-7-12-36(37(35)32-56)45(58)54-47-52-39-13-5-6-14-41(39)63-47/h5-7,11-14,16-17,30,34H,9,15,18-29,31-32H2,1-4H3,(H,52,54,58). The summed E-state index contributed by atoms with van der Waals surface area (Å²) in [6.07, 6.45) is 9.04. The number of nitrogens with one attached hydrogen (secondary N) is 1. The molecule has 3 aliphatic rings. The van der Waals surface area contributed by atoms with E-state index in [1.54, 1.807) is 12.1 Å². The number of carbonyl (C=O) groups is 3. The maximum absolute atomic E-state index is 15.2. The Labute approximate surface area is 382 Å². The summed E-state index contributed by atoms with van der Waals surface area (Å²) in [6, 6.07) is 18.4. The Hall–Kier alpha value is -5.36. The van der Waals surface area contributed by atoms with Crippen molar-refractivity contribution in [2.45, 2.75) is 97.1 Å². The van der Waals surface area contributed by atoms with Crippen LogP contribution in [0.4, 0.5) is 14.7 Å². The number of esters is 2. The first kappa shape index (κ1) is 45.2. The summed E-state index contributed by atoms with van der Waals surface area (Å²) in [4.78, 5) is 53.3. The molecule has 8 rings (SSSR count). The van der Waals surface area contributed by atoms with Gasteiger partial charge in [-0.25, -0.2) is 19.2 Å². The van der Waals surface area contributed by atoms with Crippen molar-refractivity contribution in [1.29, 1.82) is 0 Å². The average molecular weight is 906 g/mol. The molecule has 0 atom stereocenters. The number of ether oxygens (including phenoxy) is 3. The van der Waals surface area contributed by atoms with Crippen molar-refractivity contribution in [3.05, 3.63) is 99.3 Å². The summed E-state index contributed by atoms with van der Waals surface area (Å²) in [5.74, 6) is 5.66. The number of anilines is 2. The summed E-state index contributed by atoms with van der Waals surface area (Å²) in [6.45, 7) is 9.75. The van der Waals surface area contributed by atoms with Crippen molar-refractivity contribution in [2.75, 3.05) is 50.1 Å². The molecular weight excluding hydrogens is 850 g/mol. The van der Waals surface area contributed by atoms with Crippen molar-refractivity contribution >= 4 is 61.0 Å². The maximum Gasteiger partial charge on any atom is 0.357 e. The Morgan fingerprint density at radius 3 is 2.52 bits per heavy atom. The summed E-state index contributed by atoms with van der Waals surface area (Å²) < 4.78 is 32.7. The molecule has 2 aromatic heterocycles. The smallest absolute Gasteiger partial charge is 0.357 e. The van der Waals surface area contributed by atoms with Gasteiger partial charge in [-0.2, -0.15) is 0 Å². The molecule has 1 spiro atoms. The number of nitrogens with zero attached hydrogens (tertiary/aromatic N) is 4. The van der Waals surface area contributed by atoms with Crippen LogP contribution in [0.2, 0.25) is 0 Å². The van der Waals surface area contributed by atoms with E-state index in [4.69, 9.17) is 19.2 Å². The number of likely N-dealkylation sites (tertiary alicyclic amines) is 1. The highest BCUT2D eigenvalue weighted by atomic mass is 32.1. The number of methoxy groups -OCH3 is 1. The molecule has 3 aromatic carbocycles. The molecule has 1 aliphatic carbocycles. The van der Waals surface area contributed by atoms with Crippen LogP contribution in [0.15, 0.2) is 60.7 Å². The molecule has 4 heterocycles. The minimum Gasteiger partial charge on any atom is -0.491 e. The Bertz CT molecular complexity index is 2520. The van der Waals surface area contributed by atoms with Gasteiger partial charge in [-0.3, -0.25) is 19.8 Å². The number of rotatable bonds is 12. The number of thiazole rings is 2. The lowest BCUT2D eigenvalue weighted by Gasteiger charge is -2.45. The number of hydrogen-bond donors (Lipinski definition) is 1. The summed E-state index contributed by atoms with van der Waals surface area (Å²) in [5, 5.41) is 4.21. The van der Waals surface area contributed by atoms with Gasteiger partial charge in [-0.05, 0) is 151 Å². The lowest BCUT2D eigenvalue weighted by molar-refractivity contribution is -0.156. The van der Waals surface area contributed by atoms with E-state index in [1.165, 1.54) is 48.7 Å². The number of fused-ring (bicyclic) bond motifs is 2. The van der Waals surface area contributed by atoms with Crippen LogP contribution in [0.5, 0.6) is 5.75 Å². The summed E-state index contributed by atoms with van der Waals surface area (Å²) >= 11 is 2.86. The van der Waals surface area contributed by atoms with Gasteiger partial charge in [0.15, 0.2) is 27.5 Å². The fraction of sp³-hybridized carbons (Fsp3) is 0.460. The second kappa shape index (κ2) is 19.8. The molecular formula is C50H56FN5O6S2. The van der Waals surface area contributed by atoms with Crippen molar-refractivity contribution < 1.29 is 33.0 Å². The van der Waals surface area contributed by atoms with E-state index in [2.05, 4.69) is 31.9 Å². The zero-order chi connectivity index (χ0) is 44.8. The van der Waals surface area contributed by atoms with Gasteiger partial charge in [0, 0.05) is 35.5 Å². The van der Waals surface area contributed by atoms with Gasteiger partial charge >= 0.3 is 11.9 Å². The second-order valence-electron chi connectivity index (χ2n) is 18.2. The van der Waals surface area contributed by atoms with E-state index in [-0.39, 0.29) is 29.9 Å². The third-order valence-corrected chi connectivity index (χ3v) is 14.7. The number of halogens is 1. The van der Waals surface area contributed by atoms with Gasteiger partial charge in [0.2, 0.25) is 0 Å². The SMILES string of the molecule is COC(=O)c1nc(N2CCc3cccc(C(=O)Nc4nc5ccccc5s4)c3C2)sc1CCCOc1ccc(C#CCN2CCC3(CCC(CC(=O)OC(C)(C)C)CC3)CC2)cc1F. The van der Waals surface area contributed by atoms with Gasteiger partial charge in [-0.15, -0.1) is 11.3 Å². The Morgan fingerprint density at radius 2 is 1.77 bits per heavy atom. The van der Waals surface area contributed by atoms with Gasteiger partial charge in [0.05, 0.1) is 30.5 Å². The minimum absolute atomic E-state index is 0.0814. The minimum atomic E-state index is -0.519. The molecule has 0 unspecified atom stereocenters. The third-order valence-electron chi connectivity index (χ3n) is 12.6. The maximum atomic E-state index is 15.2. The lowest BCUT2D eigenvalue weighted by atomic mass is 9.65. The summed E-state index contributed by atoms with van der Waals surface area (Å²) in [5.41, 5.74) is 4.22. The van der Waals surface area contributed by atoms with Crippen LogP contribution in [0, 0.1) is 29.0 Å². The number of para-hydroxylation sites is 1. The molecule has 64 heavy (non-hydrogen) atoms. The molecule has 1 saturated carbocycles. The van der Waals surface area contributed by atoms with Crippen molar-refractivity contribution in [3.63, 3.8) is 0 Å². The number of carbonyl (C=O) groups excluding carboxylic acids is 3. The molecule has 1 amide bonds. The lowest BCUT2D eigenvalue weighted by Crippen LogP contribution is -2.42.